The van der Waals surface area contributed by atoms with Crippen molar-refractivity contribution in [3.8, 4) is 0 Å². The number of rotatable bonds is 17. The van der Waals surface area contributed by atoms with Crippen molar-refractivity contribution >= 4 is 5.78 Å². The average molecular weight is 298 g/mol. The van der Waals surface area contributed by atoms with E-state index in [4.69, 9.17) is 0 Å². The molecule has 0 rings (SSSR count). The van der Waals surface area contributed by atoms with Crippen LogP contribution in [0.1, 0.15) is 104 Å². The molecule has 2 heteroatoms. The molecule has 0 unspecified atom stereocenters. The zero-order valence-electron chi connectivity index (χ0n) is 14.7. The van der Waals surface area contributed by atoms with Crippen molar-refractivity contribution in [1.29, 1.82) is 0 Å². The van der Waals surface area contributed by atoms with Crippen molar-refractivity contribution in [3.63, 3.8) is 0 Å². The van der Waals surface area contributed by atoms with Gasteiger partial charge < -0.3 is 10.1 Å². The maximum Gasteiger partial charge on any atom is 0.129 e. The molecule has 126 valence electrons. The van der Waals surface area contributed by atoms with Crippen molar-refractivity contribution in [2.45, 2.75) is 104 Å². The Hall–Kier alpha value is -0.370. The van der Waals surface area contributed by atoms with E-state index in [1.165, 1.54) is 90.1 Å². The Morgan fingerprint density at radius 2 is 1.10 bits per heavy atom. The second kappa shape index (κ2) is 17.7. The minimum absolute atomic E-state index is 0.338. The number of carbonyl (C=O) groups excluding carboxylic acids is 1. The molecular formula is C19H39NO. The third kappa shape index (κ3) is 19.6. The van der Waals surface area contributed by atoms with Crippen LogP contribution in [0.4, 0.5) is 0 Å². The molecule has 21 heavy (non-hydrogen) atoms. The van der Waals surface area contributed by atoms with E-state index >= 15 is 0 Å². The first kappa shape index (κ1) is 20.6. The second-order valence-electron chi connectivity index (χ2n) is 6.44. The van der Waals surface area contributed by atoms with E-state index in [1.807, 2.05) is 0 Å². The van der Waals surface area contributed by atoms with E-state index in [0.29, 0.717) is 5.78 Å². The van der Waals surface area contributed by atoms with Crippen molar-refractivity contribution in [1.82, 2.24) is 5.32 Å². The summed E-state index contributed by atoms with van der Waals surface area (Å²) in [6.45, 7) is 6.35. The van der Waals surface area contributed by atoms with Crippen LogP contribution < -0.4 is 5.32 Å². The van der Waals surface area contributed by atoms with Crippen molar-refractivity contribution < 1.29 is 4.79 Å². The highest BCUT2D eigenvalue weighted by atomic mass is 16.1. The Morgan fingerprint density at radius 1 is 0.667 bits per heavy atom. The molecule has 0 aliphatic rings. The van der Waals surface area contributed by atoms with Crippen LogP contribution in [0.2, 0.25) is 0 Å². The van der Waals surface area contributed by atoms with Gasteiger partial charge in [-0.25, -0.2) is 0 Å². The first-order chi connectivity index (χ1) is 10.3. The minimum atomic E-state index is 0.338. The molecule has 0 aromatic carbocycles. The number of ketones is 1. The van der Waals surface area contributed by atoms with Gasteiger partial charge in [-0.1, -0.05) is 71.1 Å². The fourth-order valence-corrected chi connectivity index (χ4v) is 2.66. The molecule has 0 amide bonds. The van der Waals surface area contributed by atoms with Crippen LogP contribution in [0.15, 0.2) is 0 Å². The van der Waals surface area contributed by atoms with Crippen LogP contribution in [-0.2, 0) is 4.79 Å². The van der Waals surface area contributed by atoms with Crippen molar-refractivity contribution in [2.75, 3.05) is 13.1 Å². The summed E-state index contributed by atoms with van der Waals surface area (Å²) in [5.74, 6) is 0.338. The molecule has 0 fully saturated rings. The summed E-state index contributed by atoms with van der Waals surface area (Å²) < 4.78 is 0. The zero-order valence-corrected chi connectivity index (χ0v) is 14.7. The maximum absolute atomic E-state index is 10.8. The molecule has 0 spiro atoms. The number of hydrogen-bond donors (Lipinski definition) is 1. The Balaban J connectivity index is 2.95. The van der Waals surface area contributed by atoms with Gasteiger partial charge in [0, 0.05) is 6.42 Å². The molecule has 0 saturated heterocycles. The van der Waals surface area contributed by atoms with Gasteiger partial charge in [0.1, 0.15) is 5.78 Å². The molecule has 1 N–H and O–H groups in total. The summed E-state index contributed by atoms with van der Waals surface area (Å²) in [4.78, 5) is 10.8. The standard InChI is InChI=1S/C19H39NO/c1-3-4-5-6-8-11-14-17-20-18-15-12-9-7-10-13-16-19(2)21/h20H,3-18H2,1-2H3. The number of Topliss-reactive ketones (excluding diaryl/α,β-unsaturated/α-hetero) is 1. The number of hydrogen-bond acceptors (Lipinski definition) is 2. The molecule has 0 aromatic rings. The highest BCUT2D eigenvalue weighted by molar-refractivity contribution is 5.75. The topological polar surface area (TPSA) is 29.1 Å². The van der Waals surface area contributed by atoms with Crippen LogP contribution >= 0.6 is 0 Å². The third-order valence-corrected chi connectivity index (χ3v) is 4.09. The van der Waals surface area contributed by atoms with Crippen LogP contribution in [0, 0.1) is 0 Å². The smallest absolute Gasteiger partial charge is 0.129 e. The normalized spacial score (nSPS) is 11.0. The fourth-order valence-electron chi connectivity index (χ4n) is 2.66. The van der Waals surface area contributed by atoms with Crippen LogP contribution in [0.5, 0.6) is 0 Å². The van der Waals surface area contributed by atoms with E-state index in [2.05, 4.69) is 12.2 Å². The Bertz CT molecular complexity index is 216. The lowest BCUT2D eigenvalue weighted by atomic mass is 10.1. The molecule has 0 aliphatic heterocycles. The monoisotopic (exact) mass is 297 g/mol. The summed E-state index contributed by atoms with van der Waals surface area (Å²) in [6.07, 6.45) is 18.1. The maximum atomic E-state index is 10.8. The highest BCUT2D eigenvalue weighted by Gasteiger charge is 1.95. The van der Waals surface area contributed by atoms with Gasteiger partial charge in [0.05, 0.1) is 0 Å². The molecule has 2 nitrogen and oxygen atoms in total. The fraction of sp³-hybridized carbons (Fsp3) is 0.947. The summed E-state index contributed by atoms with van der Waals surface area (Å²) in [5.41, 5.74) is 0. The lowest BCUT2D eigenvalue weighted by Gasteiger charge is -2.05. The number of carbonyl (C=O) groups is 1. The van der Waals surface area contributed by atoms with E-state index in [0.717, 1.165) is 12.8 Å². The van der Waals surface area contributed by atoms with Gasteiger partial charge >= 0.3 is 0 Å². The Labute approximate surface area is 133 Å². The van der Waals surface area contributed by atoms with Crippen LogP contribution in [0.3, 0.4) is 0 Å². The van der Waals surface area contributed by atoms with Gasteiger partial charge in [-0.15, -0.1) is 0 Å². The molecule has 0 heterocycles. The molecule has 0 aliphatic carbocycles. The zero-order chi connectivity index (χ0) is 15.6. The third-order valence-electron chi connectivity index (χ3n) is 4.09. The predicted molar refractivity (Wildman–Crippen MR) is 93.9 cm³/mol. The van der Waals surface area contributed by atoms with Crippen LogP contribution in [-0.4, -0.2) is 18.9 Å². The van der Waals surface area contributed by atoms with Crippen LogP contribution in [0.25, 0.3) is 0 Å². The van der Waals surface area contributed by atoms with Crippen molar-refractivity contribution in [2.24, 2.45) is 0 Å². The Kier molecular flexibility index (Phi) is 17.4. The van der Waals surface area contributed by atoms with E-state index in [9.17, 15) is 4.79 Å². The number of nitrogens with one attached hydrogen (secondary N) is 1. The van der Waals surface area contributed by atoms with Gasteiger partial charge in [-0.2, -0.15) is 0 Å². The first-order valence-electron chi connectivity index (χ1n) is 9.47. The molecule has 0 aromatic heterocycles. The minimum Gasteiger partial charge on any atom is -0.317 e. The predicted octanol–water partition coefficient (Wildman–Crippen LogP) is 5.65. The largest absolute Gasteiger partial charge is 0.317 e. The average Bonchev–Trinajstić information content (AvgIpc) is 2.46. The lowest BCUT2D eigenvalue weighted by molar-refractivity contribution is -0.117. The molecule has 0 radical (unpaired) electrons. The summed E-state index contributed by atoms with van der Waals surface area (Å²) in [5, 5.41) is 3.56. The summed E-state index contributed by atoms with van der Waals surface area (Å²) >= 11 is 0. The van der Waals surface area contributed by atoms with Gasteiger partial charge in [-0.05, 0) is 39.3 Å². The van der Waals surface area contributed by atoms with E-state index in [-0.39, 0.29) is 0 Å². The van der Waals surface area contributed by atoms with Crippen molar-refractivity contribution in [3.05, 3.63) is 0 Å². The van der Waals surface area contributed by atoms with Gasteiger partial charge in [0.2, 0.25) is 0 Å². The van der Waals surface area contributed by atoms with E-state index in [1.54, 1.807) is 6.92 Å². The Morgan fingerprint density at radius 3 is 1.57 bits per heavy atom. The SMILES string of the molecule is CCCCCCCCCNCCCCCCCCC(C)=O. The van der Waals surface area contributed by atoms with E-state index < -0.39 is 0 Å². The molecule has 0 atom stereocenters. The van der Waals surface area contributed by atoms with Gasteiger partial charge in [0.25, 0.3) is 0 Å². The molecule has 0 bridgehead atoms. The summed E-state index contributed by atoms with van der Waals surface area (Å²) in [7, 11) is 0. The molecule has 0 saturated carbocycles. The lowest BCUT2D eigenvalue weighted by Crippen LogP contribution is -2.16. The van der Waals surface area contributed by atoms with Gasteiger partial charge in [0.15, 0.2) is 0 Å². The highest BCUT2D eigenvalue weighted by Crippen LogP contribution is 2.08. The summed E-state index contributed by atoms with van der Waals surface area (Å²) in [6, 6.07) is 0. The second-order valence-corrected chi connectivity index (χ2v) is 6.44. The van der Waals surface area contributed by atoms with Gasteiger partial charge in [-0.3, -0.25) is 0 Å². The first-order valence-corrected chi connectivity index (χ1v) is 9.47. The quantitative estimate of drug-likeness (QED) is 0.352. The number of unbranched alkanes of at least 4 members (excludes halogenated alkanes) is 11. The molecular weight excluding hydrogens is 258 g/mol.